The van der Waals surface area contributed by atoms with Gasteiger partial charge in [-0.05, 0) is 27.7 Å². The van der Waals surface area contributed by atoms with Crippen molar-refractivity contribution in [1.82, 2.24) is 0 Å². The van der Waals surface area contributed by atoms with Crippen LogP contribution in [0.5, 0.6) is 0 Å². The van der Waals surface area contributed by atoms with E-state index >= 15 is 0 Å². The van der Waals surface area contributed by atoms with Crippen LogP contribution in [-0.4, -0.2) is 46.6 Å². The molecule has 6 nitrogen and oxygen atoms in total. The third-order valence-corrected chi connectivity index (χ3v) is 2.56. The van der Waals surface area contributed by atoms with Crippen LogP contribution in [0.15, 0.2) is 0 Å². The van der Waals surface area contributed by atoms with Gasteiger partial charge in [0.2, 0.25) is 0 Å². The average Bonchev–Trinajstić information content (AvgIpc) is 2.11. The predicted molar refractivity (Wildman–Crippen MR) is 55.3 cm³/mol. The molecule has 0 fully saturated rings. The highest BCUT2D eigenvalue weighted by Gasteiger charge is 2.40. The van der Waals surface area contributed by atoms with Gasteiger partial charge in [0.25, 0.3) is 0 Å². The lowest BCUT2D eigenvalue weighted by atomic mass is 9.89. The van der Waals surface area contributed by atoms with Gasteiger partial charge in [0.15, 0.2) is 0 Å². The Kier molecular flexibility index (Phi) is 4.89. The normalized spacial score (nSPS) is 12.5. The van der Waals surface area contributed by atoms with E-state index in [0.717, 1.165) is 0 Å². The molecular formula is C10H18O6. The molecule has 0 spiro atoms. The molecule has 0 aromatic rings. The van der Waals surface area contributed by atoms with E-state index in [2.05, 4.69) is 0 Å². The molecular weight excluding hydrogens is 216 g/mol. The fraction of sp³-hybridized carbons (Fsp3) is 0.800. The van der Waals surface area contributed by atoms with E-state index in [1.807, 2.05) is 0 Å². The molecule has 0 aromatic carbocycles. The summed E-state index contributed by atoms with van der Waals surface area (Å²) in [6.07, 6.45) is 0. The molecule has 0 aliphatic carbocycles. The Bertz CT molecular complexity index is 240. The first-order valence-corrected chi connectivity index (χ1v) is 4.80. The molecule has 16 heavy (non-hydrogen) atoms. The molecule has 0 unspecified atom stereocenters. The molecule has 0 bridgehead atoms. The Morgan fingerprint density at radius 3 is 1.31 bits per heavy atom. The minimum absolute atomic E-state index is 0.452. The highest BCUT2D eigenvalue weighted by molar-refractivity contribution is 5.68. The van der Waals surface area contributed by atoms with Crippen LogP contribution in [0.3, 0.4) is 0 Å². The van der Waals surface area contributed by atoms with Gasteiger partial charge in [0.05, 0.1) is 11.2 Å². The summed E-state index contributed by atoms with van der Waals surface area (Å²) < 4.78 is 10.3. The van der Waals surface area contributed by atoms with E-state index in [-0.39, 0.29) is 0 Å². The van der Waals surface area contributed by atoms with Crippen molar-refractivity contribution in [3.05, 3.63) is 0 Å². The third kappa shape index (κ3) is 4.59. The van der Waals surface area contributed by atoms with E-state index in [1.165, 1.54) is 0 Å². The fourth-order valence-electron chi connectivity index (χ4n) is 0.832. The van der Waals surface area contributed by atoms with Gasteiger partial charge in [-0.3, -0.25) is 0 Å². The molecule has 2 N–H and O–H groups in total. The highest BCUT2D eigenvalue weighted by Crippen LogP contribution is 2.28. The molecule has 6 heteroatoms. The van der Waals surface area contributed by atoms with Gasteiger partial charge in [0, 0.05) is 0 Å². The van der Waals surface area contributed by atoms with Crippen molar-refractivity contribution in [3.63, 3.8) is 0 Å². The van der Waals surface area contributed by atoms with Crippen LogP contribution >= 0.6 is 0 Å². The van der Waals surface area contributed by atoms with Crippen molar-refractivity contribution >= 4 is 11.9 Å². The van der Waals surface area contributed by atoms with Gasteiger partial charge in [0.1, 0.15) is 13.2 Å². The van der Waals surface area contributed by atoms with E-state index < -0.39 is 36.4 Å². The molecule has 0 saturated carbocycles. The predicted octanol–water partition coefficient (Wildman–Crippen LogP) is 0.746. The van der Waals surface area contributed by atoms with Crippen LogP contribution in [0.4, 0.5) is 0 Å². The zero-order chi connectivity index (χ0) is 13.0. The molecule has 0 saturated heterocycles. The van der Waals surface area contributed by atoms with Crippen molar-refractivity contribution < 1.29 is 29.3 Å². The first kappa shape index (κ1) is 14.9. The zero-order valence-corrected chi connectivity index (χ0v) is 9.94. The molecule has 0 radical (unpaired) electrons. The number of aliphatic carboxylic acids is 2. The van der Waals surface area contributed by atoms with Crippen LogP contribution in [0.1, 0.15) is 27.7 Å². The van der Waals surface area contributed by atoms with Crippen LogP contribution in [0.25, 0.3) is 0 Å². The second-order valence-electron chi connectivity index (χ2n) is 4.39. The van der Waals surface area contributed by atoms with E-state index in [0.29, 0.717) is 0 Å². The Balaban J connectivity index is 4.44. The van der Waals surface area contributed by atoms with E-state index in [9.17, 15) is 9.59 Å². The lowest BCUT2D eigenvalue weighted by molar-refractivity contribution is -0.191. The van der Waals surface area contributed by atoms with Crippen LogP contribution in [-0.2, 0) is 19.1 Å². The number of hydrogen-bond donors (Lipinski definition) is 2. The number of carbonyl (C=O) groups is 2. The number of hydrogen-bond acceptors (Lipinski definition) is 4. The fourth-order valence-corrected chi connectivity index (χ4v) is 0.832. The molecule has 0 heterocycles. The quantitative estimate of drug-likeness (QED) is 0.675. The van der Waals surface area contributed by atoms with Gasteiger partial charge in [-0.2, -0.15) is 0 Å². The summed E-state index contributed by atoms with van der Waals surface area (Å²) in [6, 6.07) is 0. The molecule has 0 amide bonds. The van der Waals surface area contributed by atoms with Gasteiger partial charge >= 0.3 is 11.9 Å². The zero-order valence-electron chi connectivity index (χ0n) is 9.94. The Hall–Kier alpha value is -1.14. The van der Waals surface area contributed by atoms with Crippen molar-refractivity contribution in [2.45, 2.75) is 38.9 Å². The van der Waals surface area contributed by atoms with Crippen LogP contribution in [0, 0.1) is 0 Å². The maximum absolute atomic E-state index is 10.4. The molecule has 0 atom stereocenters. The third-order valence-electron chi connectivity index (χ3n) is 2.56. The Morgan fingerprint density at radius 1 is 0.875 bits per heavy atom. The maximum Gasteiger partial charge on any atom is 0.329 e. The van der Waals surface area contributed by atoms with Crippen LogP contribution < -0.4 is 0 Å². The lowest BCUT2D eigenvalue weighted by Gasteiger charge is -2.40. The maximum atomic E-state index is 10.4. The topological polar surface area (TPSA) is 93.1 Å². The summed E-state index contributed by atoms with van der Waals surface area (Å²) in [5.74, 6) is -2.16. The Labute approximate surface area is 94.2 Å². The largest absolute Gasteiger partial charge is 0.480 e. The second-order valence-corrected chi connectivity index (χ2v) is 4.39. The van der Waals surface area contributed by atoms with Crippen LogP contribution in [0.2, 0.25) is 0 Å². The number of ether oxygens (including phenoxy) is 2. The Morgan fingerprint density at radius 2 is 1.12 bits per heavy atom. The molecule has 0 aliphatic rings. The summed E-state index contributed by atoms with van der Waals surface area (Å²) >= 11 is 0. The molecule has 0 aliphatic heterocycles. The summed E-state index contributed by atoms with van der Waals surface area (Å²) in [4.78, 5) is 20.8. The molecule has 0 aromatic heterocycles. The first-order valence-electron chi connectivity index (χ1n) is 4.80. The minimum atomic E-state index is -1.08. The number of carboxylic acids is 2. The van der Waals surface area contributed by atoms with Gasteiger partial charge in [-0.1, -0.05) is 0 Å². The minimum Gasteiger partial charge on any atom is -0.480 e. The van der Waals surface area contributed by atoms with Gasteiger partial charge in [-0.25, -0.2) is 9.59 Å². The standard InChI is InChI=1S/C10H18O6/c1-9(2,15-5-7(11)12)10(3,4)16-6-8(13)14/h5-6H2,1-4H3,(H,11,12)(H,13,14). The number of carboxylic acid groups (broad SMARTS) is 2. The summed E-state index contributed by atoms with van der Waals surface area (Å²) in [7, 11) is 0. The lowest BCUT2D eigenvalue weighted by Crippen LogP contribution is -2.50. The molecule has 0 rings (SSSR count). The average molecular weight is 234 g/mol. The molecule has 94 valence electrons. The summed E-state index contributed by atoms with van der Waals surface area (Å²) in [5, 5.41) is 17.0. The van der Waals surface area contributed by atoms with Crippen molar-refractivity contribution in [3.8, 4) is 0 Å². The second kappa shape index (κ2) is 5.27. The first-order chi connectivity index (χ1) is 7.08. The van der Waals surface area contributed by atoms with Crippen molar-refractivity contribution in [1.29, 1.82) is 0 Å². The van der Waals surface area contributed by atoms with Gasteiger partial charge < -0.3 is 19.7 Å². The van der Waals surface area contributed by atoms with E-state index in [4.69, 9.17) is 19.7 Å². The SMILES string of the molecule is CC(C)(OCC(=O)O)C(C)(C)OCC(=O)O. The number of rotatable bonds is 7. The monoisotopic (exact) mass is 234 g/mol. The summed E-state index contributed by atoms with van der Waals surface area (Å²) in [6.45, 7) is 5.70. The van der Waals surface area contributed by atoms with Crippen molar-refractivity contribution in [2.75, 3.05) is 13.2 Å². The summed E-state index contributed by atoms with van der Waals surface area (Å²) in [5.41, 5.74) is -1.80. The van der Waals surface area contributed by atoms with Gasteiger partial charge in [-0.15, -0.1) is 0 Å². The van der Waals surface area contributed by atoms with E-state index in [1.54, 1.807) is 27.7 Å². The smallest absolute Gasteiger partial charge is 0.329 e. The van der Waals surface area contributed by atoms with Crippen molar-refractivity contribution in [2.24, 2.45) is 0 Å². The highest BCUT2D eigenvalue weighted by atomic mass is 16.6.